The van der Waals surface area contributed by atoms with Crippen LogP contribution in [0.25, 0.3) is 0 Å². The minimum Gasteiger partial charge on any atom is -0.546 e. The highest BCUT2D eigenvalue weighted by Crippen LogP contribution is 2.40. The molecule has 1 unspecified atom stereocenters. The van der Waals surface area contributed by atoms with Crippen LogP contribution < -0.4 is 14.6 Å². The minimum absolute atomic E-state index is 0.172. The Balaban J connectivity index is 2.12. The highest BCUT2D eigenvalue weighted by Gasteiger charge is 2.37. The number of ether oxygens (including phenoxy) is 2. The second kappa shape index (κ2) is 8.20. The fraction of sp³-hybridized carbons (Fsp3) is 0.409. The number of methoxy groups -OCH3 is 2. The van der Waals surface area contributed by atoms with Gasteiger partial charge in [0.2, 0.25) is 0 Å². The van der Waals surface area contributed by atoms with E-state index in [1.807, 2.05) is 12.1 Å². The molecule has 1 aliphatic heterocycles. The Labute approximate surface area is 165 Å². The predicted octanol–water partition coefficient (Wildman–Crippen LogP) is 1.50. The van der Waals surface area contributed by atoms with Crippen LogP contribution >= 0.6 is 0 Å². The molecule has 150 valence electrons. The average molecular weight is 384 g/mol. The Morgan fingerprint density at radius 3 is 2.36 bits per heavy atom. The Morgan fingerprint density at radius 2 is 1.75 bits per heavy atom. The molecule has 1 atom stereocenters. The van der Waals surface area contributed by atoms with Crippen molar-refractivity contribution in [2.75, 3.05) is 34.4 Å². The van der Waals surface area contributed by atoms with Crippen molar-refractivity contribution in [3.05, 3.63) is 59.2 Å². The number of likely N-dealkylation sites (tertiary alicyclic amines) is 1. The van der Waals surface area contributed by atoms with Crippen molar-refractivity contribution >= 4 is 5.97 Å². The zero-order valence-electron chi connectivity index (χ0n) is 16.5. The van der Waals surface area contributed by atoms with Crippen molar-refractivity contribution < 1.29 is 24.5 Å². The first kappa shape index (κ1) is 20.2. The van der Waals surface area contributed by atoms with Gasteiger partial charge < -0.3 is 29.4 Å². The number of hydrogen-bond acceptors (Lipinski definition) is 6. The highest BCUT2D eigenvalue weighted by molar-refractivity contribution is 5.83. The molecule has 0 spiro atoms. The van der Waals surface area contributed by atoms with Gasteiger partial charge in [-0.3, -0.25) is 0 Å². The maximum absolute atomic E-state index is 12.2. The molecule has 1 heterocycles. The van der Waals surface area contributed by atoms with E-state index in [-0.39, 0.29) is 11.5 Å². The van der Waals surface area contributed by atoms with Crippen LogP contribution in [0, 0.1) is 0 Å². The van der Waals surface area contributed by atoms with Crippen molar-refractivity contribution in [3.8, 4) is 11.5 Å². The molecule has 28 heavy (non-hydrogen) atoms. The van der Waals surface area contributed by atoms with E-state index in [2.05, 4.69) is 11.9 Å². The van der Waals surface area contributed by atoms with E-state index in [4.69, 9.17) is 9.47 Å². The Hall–Kier alpha value is -2.57. The van der Waals surface area contributed by atoms with Crippen molar-refractivity contribution in [2.45, 2.75) is 24.4 Å². The fourth-order valence-electron chi connectivity index (χ4n) is 3.95. The number of carbonyl (C=O) groups is 1. The number of aliphatic carboxylic acids is 1. The van der Waals surface area contributed by atoms with Crippen molar-refractivity contribution in [1.82, 2.24) is 4.90 Å². The summed E-state index contributed by atoms with van der Waals surface area (Å²) in [5, 5.41) is 23.6. The number of piperidine rings is 1. The van der Waals surface area contributed by atoms with Crippen molar-refractivity contribution in [2.24, 2.45) is 0 Å². The number of aliphatic hydroxyl groups is 1. The molecule has 1 saturated heterocycles. The second-order valence-electron chi connectivity index (χ2n) is 7.23. The summed E-state index contributed by atoms with van der Waals surface area (Å²) < 4.78 is 10.5. The lowest BCUT2D eigenvalue weighted by molar-refractivity contribution is -0.323. The summed E-state index contributed by atoms with van der Waals surface area (Å²) >= 11 is 0. The van der Waals surface area contributed by atoms with Crippen LogP contribution in [-0.4, -0.2) is 50.3 Å². The monoisotopic (exact) mass is 384 g/mol. The van der Waals surface area contributed by atoms with Crippen molar-refractivity contribution in [1.29, 1.82) is 0 Å². The minimum atomic E-state index is -2.29. The largest absolute Gasteiger partial charge is 0.546 e. The van der Waals surface area contributed by atoms with Gasteiger partial charge in [0.25, 0.3) is 0 Å². The van der Waals surface area contributed by atoms with Crippen LogP contribution in [0.1, 0.15) is 35.4 Å². The maximum atomic E-state index is 12.2. The van der Waals surface area contributed by atoms with E-state index in [1.165, 1.54) is 26.4 Å². The van der Waals surface area contributed by atoms with Gasteiger partial charge >= 0.3 is 0 Å². The number of carbonyl (C=O) groups excluding carboxylic acids is 1. The van der Waals surface area contributed by atoms with Gasteiger partial charge in [-0.05, 0) is 67.7 Å². The van der Waals surface area contributed by atoms with Gasteiger partial charge in [-0.25, -0.2) is 0 Å². The fourth-order valence-corrected chi connectivity index (χ4v) is 3.95. The molecule has 0 radical (unpaired) electrons. The number of benzene rings is 2. The molecule has 0 amide bonds. The van der Waals surface area contributed by atoms with Crippen LogP contribution in [-0.2, 0) is 10.4 Å². The molecule has 1 fully saturated rings. The van der Waals surface area contributed by atoms with Gasteiger partial charge in [0.15, 0.2) is 17.1 Å². The summed E-state index contributed by atoms with van der Waals surface area (Å²) in [5.41, 5.74) is -0.932. The Morgan fingerprint density at radius 1 is 1.11 bits per heavy atom. The van der Waals surface area contributed by atoms with Gasteiger partial charge in [0.05, 0.1) is 20.2 Å². The second-order valence-corrected chi connectivity index (χ2v) is 7.23. The van der Waals surface area contributed by atoms with E-state index < -0.39 is 11.6 Å². The molecule has 2 aromatic carbocycles. The molecule has 2 aromatic rings. The predicted molar refractivity (Wildman–Crippen MR) is 103 cm³/mol. The molecule has 1 aliphatic rings. The lowest BCUT2D eigenvalue weighted by Crippen LogP contribution is -2.47. The third-order valence-corrected chi connectivity index (χ3v) is 5.61. The number of nitrogens with zero attached hydrogens (tertiary/aromatic N) is 1. The molecular weight excluding hydrogens is 358 g/mol. The normalized spacial score (nSPS) is 17.7. The Kier molecular flexibility index (Phi) is 5.91. The third kappa shape index (κ3) is 3.57. The topological polar surface area (TPSA) is 82.1 Å². The number of rotatable bonds is 6. The molecule has 0 aliphatic carbocycles. The summed E-state index contributed by atoms with van der Waals surface area (Å²) in [6.07, 6.45) is 1.81. The SMILES string of the molecule is COc1ccc(C(O)(C(=O)[O-])c2ccccc2C2CCN(C)CC2)cc1OC. The standard InChI is InChI=1S/C22H27NO5/c1-23-12-10-15(11-13-23)17-6-4-5-7-18(17)22(26,21(24)25)16-8-9-19(27-2)20(14-16)28-3/h4-9,14-15,26H,10-13H2,1-3H3,(H,24,25)/p-1. The van der Waals surface area contributed by atoms with Gasteiger partial charge in [-0.15, -0.1) is 0 Å². The number of hydrogen-bond donors (Lipinski definition) is 1. The lowest BCUT2D eigenvalue weighted by Gasteiger charge is -2.36. The van der Waals surface area contributed by atoms with Crippen LogP contribution in [0.3, 0.4) is 0 Å². The van der Waals surface area contributed by atoms with Gasteiger partial charge in [-0.2, -0.15) is 0 Å². The summed E-state index contributed by atoms with van der Waals surface area (Å²) in [6, 6.07) is 11.8. The zero-order valence-corrected chi connectivity index (χ0v) is 16.5. The number of carboxylic acids is 1. The first-order valence-corrected chi connectivity index (χ1v) is 9.36. The summed E-state index contributed by atoms with van der Waals surface area (Å²) in [6.45, 7) is 1.86. The van der Waals surface area contributed by atoms with Crippen LogP contribution in [0.4, 0.5) is 0 Å². The van der Waals surface area contributed by atoms with Gasteiger partial charge in [0, 0.05) is 0 Å². The summed E-state index contributed by atoms with van der Waals surface area (Å²) in [7, 11) is 5.04. The highest BCUT2D eigenvalue weighted by atomic mass is 16.5. The molecule has 3 rings (SSSR count). The van der Waals surface area contributed by atoms with E-state index in [1.54, 1.807) is 18.2 Å². The van der Waals surface area contributed by atoms with E-state index in [0.29, 0.717) is 17.1 Å². The van der Waals surface area contributed by atoms with Crippen LogP contribution in [0.5, 0.6) is 11.5 Å². The third-order valence-electron chi connectivity index (χ3n) is 5.61. The molecule has 1 N–H and O–H groups in total. The molecule has 0 saturated carbocycles. The van der Waals surface area contributed by atoms with E-state index >= 15 is 0 Å². The first-order chi connectivity index (χ1) is 13.4. The summed E-state index contributed by atoms with van der Waals surface area (Å²) in [5.74, 6) is -0.592. The van der Waals surface area contributed by atoms with E-state index in [9.17, 15) is 15.0 Å². The molecular formula is C22H26NO5-. The zero-order chi connectivity index (χ0) is 20.3. The smallest absolute Gasteiger partial charge is 0.161 e. The lowest BCUT2D eigenvalue weighted by atomic mass is 9.78. The quantitative estimate of drug-likeness (QED) is 0.813. The molecule has 0 bridgehead atoms. The van der Waals surface area contributed by atoms with Crippen LogP contribution in [0.2, 0.25) is 0 Å². The summed E-state index contributed by atoms with van der Waals surface area (Å²) in [4.78, 5) is 14.5. The molecule has 6 heteroatoms. The molecule has 6 nitrogen and oxygen atoms in total. The van der Waals surface area contributed by atoms with Gasteiger partial charge in [-0.1, -0.05) is 30.3 Å². The molecule has 0 aromatic heterocycles. The van der Waals surface area contributed by atoms with E-state index in [0.717, 1.165) is 31.5 Å². The first-order valence-electron chi connectivity index (χ1n) is 9.36. The maximum Gasteiger partial charge on any atom is 0.161 e. The van der Waals surface area contributed by atoms with Crippen LogP contribution in [0.15, 0.2) is 42.5 Å². The van der Waals surface area contributed by atoms with Gasteiger partial charge in [0.1, 0.15) is 0 Å². The number of carboxylic acid groups (broad SMARTS) is 1. The van der Waals surface area contributed by atoms with Crippen molar-refractivity contribution in [3.63, 3.8) is 0 Å². The average Bonchev–Trinajstić information content (AvgIpc) is 2.73. The Bertz CT molecular complexity index is 845.